The zero-order valence-corrected chi connectivity index (χ0v) is 9.16. The van der Waals surface area contributed by atoms with Crippen LogP contribution in [0.3, 0.4) is 0 Å². The highest BCUT2D eigenvalue weighted by atomic mass is 15.2. The molecule has 0 aromatic carbocycles. The summed E-state index contributed by atoms with van der Waals surface area (Å²) in [5.74, 6) is 0. The van der Waals surface area contributed by atoms with E-state index in [0.717, 1.165) is 13.0 Å². The van der Waals surface area contributed by atoms with E-state index in [4.69, 9.17) is 0 Å². The average molecular weight is 206 g/mol. The van der Waals surface area contributed by atoms with Crippen molar-refractivity contribution < 1.29 is 0 Å². The van der Waals surface area contributed by atoms with E-state index >= 15 is 0 Å². The Morgan fingerprint density at radius 2 is 2.47 bits per heavy atom. The number of likely N-dealkylation sites (N-methyl/N-ethyl adjacent to an activating group) is 1. The largest absolute Gasteiger partial charge is 0.348 e. The Hall–Kier alpha value is -0.870. The van der Waals surface area contributed by atoms with Gasteiger partial charge in [0.15, 0.2) is 0 Å². The van der Waals surface area contributed by atoms with Crippen LogP contribution in [0, 0.1) is 0 Å². The maximum atomic E-state index is 4.47. The fraction of sp³-hybridized carbons (Fsp3) is 0.727. The number of hydrogen-bond donors (Lipinski definition) is 2. The second-order valence-electron chi connectivity index (χ2n) is 4.64. The molecule has 82 valence electrons. The van der Waals surface area contributed by atoms with E-state index in [9.17, 15) is 0 Å². The summed E-state index contributed by atoms with van der Waals surface area (Å²) in [5, 5.41) is 3.61. The van der Waals surface area contributed by atoms with E-state index in [0.29, 0.717) is 12.1 Å². The van der Waals surface area contributed by atoms with Crippen LogP contribution < -0.4 is 5.32 Å². The van der Waals surface area contributed by atoms with Crippen LogP contribution in [0.25, 0.3) is 0 Å². The lowest BCUT2D eigenvalue weighted by Crippen LogP contribution is -2.42. The third-order valence-corrected chi connectivity index (χ3v) is 3.75. The topological polar surface area (TPSA) is 44.0 Å². The van der Waals surface area contributed by atoms with Gasteiger partial charge in [0.25, 0.3) is 0 Å². The zero-order chi connectivity index (χ0) is 10.3. The standard InChI is InChI=1S/C11H18N4/c1-15-6-2-3-9(15)11-10-8(4-5-12-11)13-7-14-10/h7,9,11-12H,2-6H2,1H3,(H,13,14). The minimum atomic E-state index is 0.437. The quantitative estimate of drug-likeness (QED) is 0.710. The lowest BCUT2D eigenvalue weighted by Gasteiger charge is -2.32. The van der Waals surface area contributed by atoms with E-state index in [2.05, 4.69) is 27.2 Å². The van der Waals surface area contributed by atoms with Gasteiger partial charge < -0.3 is 15.2 Å². The van der Waals surface area contributed by atoms with Gasteiger partial charge in [0.05, 0.1) is 18.1 Å². The molecule has 2 unspecified atom stereocenters. The molecule has 0 spiro atoms. The van der Waals surface area contributed by atoms with Crippen molar-refractivity contribution in [2.75, 3.05) is 20.1 Å². The Bertz CT molecular complexity index is 346. The van der Waals surface area contributed by atoms with E-state index in [-0.39, 0.29) is 0 Å². The van der Waals surface area contributed by atoms with Gasteiger partial charge in [-0.3, -0.25) is 0 Å². The molecule has 0 radical (unpaired) electrons. The first-order valence-electron chi connectivity index (χ1n) is 5.82. The first kappa shape index (κ1) is 9.36. The molecule has 1 aromatic rings. The fourth-order valence-electron chi connectivity index (χ4n) is 2.92. The summed E-state index contributed by atoms with van der Waals surface area (Å²) in [7, 11) is 2.22. The van der Waals surface area contributed by atoms with Crippen LogP contribution in [0.2, 0.25) is 0 Å². The Balaban J connectivity index is 1.89. The highest BCUT2D eigenvalue weighted by Gasteiger charge is 2.34. The highest BCUT2D eigenvalue weighted by Crippen LogP contribution is 2.30. The second-order valence-corrected chi connectivity index (χ2v) is 4.64. The predicted molar refractivity (Wildman–Crippen MR) is 58.7 cm³/mol. The van der Waals surface area contributed by atoms with E-state index in [1.807, 2.05) is 6.33 Å². The first-order valence-corrected chi connectivity index (χ1v) is 5.82. The van der Waals surface area contributed by atoms with Gasteiger partial charge in [0.1, 0.15) is 0 Å². The molecular weight excluding hydrogens is 188 g/mol. The number of likely N-dealkylation sites (tertiary alicyclic amines) is 1. The molecule has 2 atom stereocenters. The average Bonchev–Trinajstić information content (AvgIpc) is 2.85. The summed E-state index contributed by atoms with van der Waals surface area (Å²) in [5.41, 5.74) is 2.58. The summed E-state index contributed by atoms with van der Waals surface area (Å²) >= 11 is 0. The zero-order valence-electron chi connectivity index (χ0n) is 9.16. The highest BCUT2D eigenvalue weighted by molar-refractivity contribution is 5.21. The van der Waals surface area contributed by atoms with Crippen LogP contribution >= 0.6 is 0 Å². The van der Waals surface area contributed by atoms with Crippen molar-refractivity contribution in [3.8, 4) is 0 Å². The molecule has 0 saturated carbocycles. The molecule has 1 saturated heterocycles. The van der Waals surface area contributed by atoms with Crippen molar-refractivity contribution in [1.82, 2.24) is 20.2 Å². The maximum Gasteiger partial charge on any atom is 0.0925 e. The molecule has 2 aliphatic rings. The number of aromatic nitrogens is 2. The van der Waals surface area contributed by atoms with Crippen LogP contribution in [0.15, 0.2) is 6.33 Å². The Morgan fingerprint density at radius 3 is 3.27 bits per heavy atom. The molecule has 0 bridgehead atoms. The molecular formula is C11H18N4. The van der Waals surface area contributed by atoms with Gasteiger partial charge in [0.2, 0.25) is 0 Å². The number of aromatic amines is 1. The van der Waals surface area contributed by atoms with Gasteiger partial charge >= 0.3 is 0 Å². The molecule has 1 fully saturated rings. The van der Waals surface area contributed by atoms with Crippen LogP contribution in [0.1, 0.15) is 30.3 Å². The predicted octanol–water partition coefficient (Wildman–Crippen LogP) is 0.691. The van der Waals surface area contributed by atoms with Crippen LogP contribution in [-0.4, -0.2) is 41.0 Å². The molecule has 0 aliphatic carbocycles. The number of nitrogens with zero attached hydrogens (tertiary/aromatic N) is 2. The molecule has 4 heteroatoms. The lowest BCUT2D eigenvalue weighted by molar-refractivity contribution is 0.238. The van der Waals surface area contributed by atoms with Gasteiger partial charge in [-0.2, -0.15) is 0 Å². The molecule has 3 rings (SSSR count). The van der Waals surface area contributed by atoms with Crippen molar-refractivity contribution in [2.24, 2.45) is 0 Å². The molecule has 3 heterocycles. The Kier molecular flexibility index (Phi) is 2.25. The number of fused-ring (bicyclic) bond motifs is 1. The van der Waals surface area contributed by atoms with Crippen LogP contribution in [0.4, 0.5) is 0 Å². The summed E-state index contributed by atoms with van der Waals surface area (Å²) in [4.78, 5) is 10.2. The third kappa shape index (κ3) is 1.48. The lowest BCUT2D eigenvalue weighted by atomic mass is 9.97. The number of nitrogens with one attached hydrogen (secondary N) is 2. The van der Waals surface area contributed by atoms with Crippen LogP contribution in [-0.2, 0) is 6.42 Å². The molecule has 0 amide bonds. The summed E-state index contributed by atoms with van der Waals surface area (Å²) in [6, 6.07) is 1.07. The Morgan fingerprint density at radius 1 is 1.53 bits per heavy atom. The molecule has 2 N–H and O–H groups in total. The van der Waals surface area contributed by atoms with Crippen molar-refractivity contribution in [3.63, 3.8) is 0 Å². The maximum absolute atomic E-state index is 4.47. The number of rotatable bonds is 1. The van der Waals surface area contributed by atoms with Gasteiger partial charge in [-0.1, -0.05) is 0 Å². The normalized spacial score (nSPS) is 31.8. The van der Waals surface area contributed by atoms with E-state index < -0.39 is 0 Å². The smallest absolute Gasteiger partial charge is 0.0925 e. The molecule has 15 heavy (non-hydrogen) atoms. The van der Waals surface area contributed by atoms with Crippen molar-refractivity contribution >= 4 is 0 Å². The summed E-state index contributed by atoms with van der Waals surface area (Å²) in [6.45, 7) is 2.30. The summed E-state index contributed by atoms with van der Waals surface area (Å²) < 4.78 is 0. The monoisotopic (exact) mass is 206 g/mol. The number of H-pyrrole nitrogens is 1. The fourth-order valence-corrected chi connectivity index (χ4v) is 2.92. The van der Waals surface area contributed by atoms with Crippen molar-refractivity contribution in [1.29, 1.82) is 0 Å². The minimum Gasteiger partial charge on any atom is -0.348 e. The minimum absolute atomic E-state index is 0.437. The van der Waals surface area contributed by atoms with Crippen molar-refractivity contribution in [2.45, 2.75) is 31.3 Å². The summed E-state index contributed by atoms with van der Waals surface area (Å²) in [6.07, 6.45) is 5.53. The third-order valence-electron chi connectivity index (χ3n) is 3.75. The second kappa shape index (κ2) is 3.61. The Labute approximate surface area is 90.1 Å². The SMILES string of the molecule is CN1CCCC1C1NCCc2[nH]cnc21. The van der Waals surface area contributed by atoms with Gasteiger partial charge in [-0.05, 0) is 26.4 Å². The van der Waals surface area contributed by atoms with Gasteiger partial charge in [0, 0.05) is 24.7 Å². The van der Waals surface area contributed by atoms with E-state index in [1.165, 1.54) is 30.8 Å². The number of hydrogen-bond acceptors (Lipinski definition) is 3. The van der Waals surface area contributed by atoms with Crippen LogP contribution in [0.5, 0.6) is 0 Å². The molecule has 4 nitrogen and oxygen atoms in total. The molecule has 1 aromatic heterocycles. The van der Waals surface area contributed by atoms with Crippen molar-refractivity contribution in [3.05, 3.63) is 17.7 Å². The molecule has 2 aliphatic heterocycles. The first-order chi connectivity index (χ1) is 7.36. The van der Waals surface area contributed by atoms with Gasteiger partial charge in [-0.25, -0.2) is 4.98 Å². The van der Waals surface area contributed by atoms with Gasteiger partial charge in [-0.15, -0.1) is 0 Å². The van der Waals surface area contributed by atoms with E-state index in [1.54, 1.807) is 0 Å². The number of imidazole rings is 1.